The zero-order chi connectivity index (χ0) is 20.8. The molecule has 0 saturated carbocycles. The maximum atomic E-state index is 13.2. The molecule has 2 heterocycles. The van der Waals surface area contributed by atoms with Crippen LogP contribution >= 0.6 is 0 Å². The molecule has 2 amide bonds. The van der Waals surface area contributed by atoms with E-state index < -0.39 is 21.7 Å². The smallest absolute Gasteiger partial charge is 0.266 e. The number of fused-ring (bicyclic) bond motifs is 1. The molecule has 0 unspecified atom stereocenters. The summed E-state index contributed by atoms with van der Waals surface area (Å²) < 4.78 is 26.4. The highest BCUT2D eigenvalue weighted by Gasteiger charge is 2.36. The van der Waals surface area contributed by atoms with Crippen LogP contribution in [0, 0.1) is 0 Å². The van der Waals surface area contributed by atoms with Gasteiger partial charge in [-0.15, -0.1) is 0 Å². The molecule has 0 saturated heterocycles. The maximum Gasteiger partial charge on any atom is 0.266 e. The SMILES string of the molecule is CCc1n[nH]c(CC)c1S(=O)(=O)c1ccc(N2C(=O)c3ccccc3C2=O)cc1. The van der Waals surface area contributed by atoms with Crippen molar-refractivity contribution in [2.75, 3.05) is 4.90 Å². The van der Waals surface area contributed by atoms with E-state index in [1.165, 1.54) is 24.3 Å². The fourth-order valence-electron chi connectivity index (χ4n) is 3.52. The van der Waals surface area contributed by atoms with E-state index in [2.05, 4.69) is 10.2 Å². The van der Waals surface area contributed by atoms with E-state index in [4.69, 9.17) is 0 Å². The van der Waals surface area contributed by atoms with Crippen LogP contribution < -0.4 is 4.90 Å². The monoisotopic (exact) mass is 409 g/mol. The normalized spacial score (nSPS) is 13.8. The van der Waals surface area contributed by atoms with Gasteiger partial charge in [0.15, 0.2) is 0 Å². The summed E-state index contributed by atoms with van der Waals surface area (Å²) in [5.41, 5.74) is 2.06. The number of imide groups is 1. The van der Waals surface area contributed by atoms with Crippen LogP contribution in [-0.2, 0) is 22.7 Å². The average Bonchev–Trinajstić information content (AvgIpc) is 3.28. The van der Waals surface area contributed by atoms with Crippen molar-refractivity contribution in [3.05, 3.63) is 71.0 Å². The zero-order valence-electron chi connectivity index (χ0n) is 16.0. The number of aromatic amines is 1. The van der Waals surface area contributed by atoms with Crippen LogP contribution in [0.3, 0.4) is 0 Å². The second kappa shape index (κ2) is 6.97. The van der Waals surface area contributed by atoms with E-state index in [1.807, 2.05) is 13.8 Å². The van der Waals surface area contributed by atoms with Gasteiger partial charge in [0.2, 0.25) is 9.84 Å². The van der Waals surface area contributed by atoms with Crippen LogP contribution in [0.4, 0.5) is 5.69 Å². The summed E-state index contributed by atoms with van der Waals surface area (Å²) in [5.74, 6) is -0.838. The van der Waals surface area contributed by atoms with Crippen LogP contribution in [0.1, 0.15) is 46.0 Å². The molecule has 1 N–H and O–H groups in total. The third-order valence-corrected chi connectivity index (χ3v) is 6.93. The van der Waals surface area contributed by atoms with E-state index in [-0.39, 0.29) is 9.79 Å². The molecule has 0 bridgehead atoms. The number of nitrogens with one attached hydrogen (secondary N) is 1. The Hall–Kier alpha value is -3.26. The Kier molecular flexibility index (Phi) is 4.58. The molecule has 0 radical (unpaired) electrons. The Morgan fingerprint density at radius 2 is 1.48 bits per heavy atom. The highest BCUT2D eigenvalue weighted by molar-refractivity contribution is 7.91. The van der Waals surface area contributed by atoms with Crippen LogP contribution in [0.5, 0.6) is 0 Å². The molecule has 4 rings (SSSR count). The van der Waals surface area contributed by atoms with Crippen molar-refractivity contribution in [2.45, 2.75) is 36.5 Å². The second-order valence-electron chi connectivity index (χ2n) is 6.67. The average molecular weight is 409 g/mol. The first-order chi connectivity index (χ1) is 13.9. The molecule has 1 aliphatic rings. The van der Waals surface area contributed by atoms with Crippen LogP contribution in [-0.4, -0.2) is 30.4 Å². The van der Waals surface area contributed by atoms with Crippen LogP contribution in [0.25, 0.3) is 0 Å². The van der Waals surface area contributed by atoms with Gasteiger partial charge in [0.1, 0.15) is 4.90 Å². The zero-order valence-corrected chi connectivity index (χ0v) is 16.8. The van der Waals surface area contributed by atoms with Gasteiger partial charge in [0, 0.05) is 0 Å². The lowest BCUT2D eigenvalue weighted by atomic mass is 10.1. The lowest BCUT2D eigenvalue weighted by molar-refractivity contribution is 0.0926. The van der Waals surface area contributed by atoms with E-state index in [0.29, 0.717) is 41.0 Å². The lowest BCUT2D eigenvalue weighted by Gasteiger charge is -2.14. The molecule has 0 spiro atoms. The number of carbonyl (C=O) groups excluding carboxylic acids is 2. The first kappa shape index (κ1) is 19.1. The molecule has 1 aliphatic heterocycles. The number of benzene rings is 2. The number of amides is 2. The summed E-state index contributed by atoms with van der Waals surface area (Å²) in [6, 6.07) is 12.4. The molecule has 0 atom stereocenters. The lowest BCUT2D eigenvalue weighted by Crippen LogP contribution is -2.29. The summed E-state index contributed by atoms with van der Waals surface area (Å²) in [7, 11) is -3.78. The summed E-state index contributed by atoms with van der Waals surface area (Å²) >= 11 is 0. The fraction of sp³-hybridized carbons (Fsp3) is 0.190. The van der Waals surface area contributed by atoms with Gasteiger partial charge >= 0.3 is 0 Å². The van der Waals surface area contributed by atoms with Crippen molar-refractivity contribution in [1.29, 1.82) is 0 Å². The summed E-state index contributed by atoms with van der Waals surface area (Å²) in [4.78, 5) is 26.6. The maximum absolute atomic E-state index is 13.2. The quantitative estimate of drug-likeness (QED) is 0.653. The largest absolute Gasteiger partial charge is 0.281 e. The molecule has 29 heavy (non-hydrogen) atoms. The number of hydrogen-bond donors (Lipinski definition) is 1. The number of sulfone groups is 1. The summed E-state index contributed by atoms with van der Waals surface area (Å²) in [5, 5.41) is 6.92. The van der Waals surface area contributed by atoms with Gasteiger partial charge in [-0.3, -0.25) is 14.7 Å². The molecule has 0 fully saturated rings. The molecule has 0 aliphatic carbocycles. The number of H-pyrrole nitrogens is 1. The number of nitrogens with zero attached hydrogens (tertiary/aromatic N) is 2. The van der Waals surface area contributed by atoms with Gasteiger partial charge in [-0.05, 0) is 49.2 Å². The summed E-state index contributed by atoms with van der Waals surface area (Å²) in [6.45, 7) is 3.71. The Morgan fingerprint density at radius 3 is 2.00 bits per heavy atom. The molecule has 1 aromatic heterocycles. The molecule has 2 aromatic carbocycles. The fourth-order valence-corrected chi connectivity index (χ4v) is 5.27. The Labute approximate surface area is 168 Å². The standard InChI is InChI=1S/C21H19N3O4S/c1-3-17-19(18(4-2)23-22-17)29(27,28)14-11-9-13(10-12-14)24-20(25)15-7-5-6-8-16(15)21(24)26/h5-12H,3-4H2,1-2H3,(H,22,23). The van der Waals surface area contributed by atoms with Crippen LogP contribution in [0.2, 0.25) is 0 Å². The molecular weight excluding hydrogens is 390 g/mol. The van der Waals surface area contributed by atoms with Crippen molar-refractivity contribution < 1.29 is 18.0 Å². The molecule has 8 heteroatoms. The number of anilines is 1. The number of carbonyl (C=O) groups is 2. The minimum atomic E-state index is -3.78. The van der Waals surface area contributed by atoms with Crippen molar-refractivity contribution in [3.8, 4) is 0 Å². The third kappa shape index (κ3) is 2.87. The van der Waals surface area contributed by atoms with Gasteiger partial charge in [-0.25, -0.2) is 13.3 Å². The molecular formula is C21H19N3O4S. The van der Waals surface area contributed by atoms with Gasteiger partial charge in [0.25, 0.3) is 11.8 Å². The first-order valence-corrected chi connectivity index (χ1v) is 10.8. The van der Waals surface area contributed by atoms with E-state index in [9.17, 15) is 18.0 Å². The van der Waals surface area contributed by atoms with Gasteiger partial charge in [-0.2, -0.15) is 5.10 Å². The molecule has 7 nitrogen and oxygen atoms in total. The number of aryl methyl sites for hydroxylation is 2. The van der Waals surface area contributed by atoms with Crippen molar-refractivity contribution in [1.82, 2.24) is 10.2 Å². The molecule has 148 valence electrons. The number of aromatic nitrogens is 2. The van der Waals surface area contributed by atoms with E-state index in [1.54, 1.807) is 24.3 Å². The minimum Gasteiger partial charge on any atom is -0.281 e. The first-order valence-electron chi connectivity index (χ1n) is 9.29. The van der Waals surface area contributed by atoms with Crippen molar-refractivity contribution >= 4 is 27.3 Å². The topological polar surface area (TPSA) is 100 Å². The number of hydrogen-bond acceptors (Lipinski definition) is 5. The highest BCUT2D eigenvalue weighted by Crippen LogP contribution is 2.31. The Balaban J connectivity index is 1.72. The van der Waals surface area contributed by atoms with Gasteiger partial charge in [-0.1, -0.05) is 26.0 Å². The summed E-state index contributed by atoms with van der Waals surface area (Å²) in [6.07, 6.45) is 0.993. The predicted octanol–water partition coefficient (Wildman–Crippen LogP) is 3.17. The van der Waals surface area contributed by atoms with Gasteiger partial charge in [0.05, 0.1) is 33.1 Å². The predicted molar refractivity (Wildman–Crippen MR) is 107 cm³/mol. The van der Waals surface area contributed by atoms with Crippen molar-refractivity contribution in [3.63, 3.8) is 0 Å². The molecule has 3 aromatic rings. The number of rotatable bonds is 5. The van der Waals surface area contributed by atoms with Crippen molar-refractivity contribution in [2.24, 2.45) is 0 Å². The highest BCUT2D eigenvalue weighted by atomic mass is 32.2. The minimum absolute atomic E-state index is 0.0867. The van der Waals surface area contributed by atoms with Gasteiger partial charge < -0.3 is 0 Å². The third-order valence-electron chi connectivity index (χ3n) is 5.02. The Bertz CT molecular complexity index is 1170. The Morgan fingerprint density at radius 1 is 0.897 bits per heavy atom. The second-order valence-corrected chi connectivity index (χ2v) is 8.56. The van der Waals surface area contributed by atoms with E-state index >= 15 is 0 Å². The van der Waals surface area contributed by atoms with E-state index in [0.717, 1.165) is 4.90 Å². The van der Waals surface area contributed by atoms with Crippen LogP contribution in [0.15, 0.2) is 58.3 Å².